The molecule has 0 aliphatic carbocycles. The van der Waals surface area contributed by atoms with Crippen molar-refractivity contribution in [1.29, 1.82) is 0 Å². The Balaban J connectivity index is -0.0000000458. The van der Waals surface area contributed by atoms with Crippen molar-refractivity contribution in [3.05, 3.63) is 0 Å². The van der Waals surface area contributed by atoms with E-state index in [1.165, 1.54) is 0 Å². The fraction of sp³-hybridized carbons (Fsp3) is 0.636. The molecule has 0 atom stereocenters. The number of rotatable bonds is 0. The van der Waals surface area contributed by atoms with E-state index in [9.17, 15) is 9.59 Å². The third-order valence-corrected chi connectivity index (χ3v) is 1.28. The molecular formula is C22H44O16. The molecule has 0 aromatic rings. The van der Waals surface area contributed by atoms with E-state index in [2.05, 4.69) is 0 Å². The minimum absolute atomic E-state index is 0.583. The molecule has 0 aliphatic rings. The average molecular weight is 565 g/mol. The second-order valence-corrected chi connectivity index (χ2v) is 8.22. The Labute approximate surface area is 221 Å². The van der Waals surface area contributed by atoms with Crippen LogP contribution in [0.1, 0.15) is 83.1 Å². The van der Waals surface area contributed by atoms with Crippen LogP contribution in [-0.2, 0) is 38.4 Å². The molecule has 0 saturated heterocycles. The lowest BCUT2D eigenvalue weighted by atomic mass is 9.98. The SMILES string of the molecule is CC(=O)O.CC(=O)O.CC(=O)O.CC(=O)O.CC(=O)O.CC(=O)O.CC(C)(C)C(=O)O.CC(C)(C)C(=O)O. The fourth-order valence-corrected chi connectivity index (χ4v) is 0. The van der Waals surface area contributed by atoms with Crippen molar-refractivity contribution in [1.82, 2.24) is 0 Å². The number of carbonyl (C=O) groups is 8. The number of hydrogen-bond acceptors (Lipinski definition) is 8. The van der Waals surface area contributed by atoms with Gasteiger partial charge in [-0.2, -0.15) is 0 Å². The zero-order valence-electron chi connectivity index (χ0n) is 23.8. The number of hydrogen-bond donors (Lipinski definition) is 8. The van der Waals surface area contributed by atoms with Gasteiger partial charge in [-0.1, -0.05) is 0 Å². The second kappa shape index (κ2) is 32.8. The van der Waals surface area contributed by atoms with Gasteiger partial charge in [-0.3, -0.25) is 38.4 Å². The summed E-state index contributed by atoms with van der Waals surface area (Å²) >= 11 is 0. The van der Waals surface area contributed by atoms with Crippen molar-refractivity contribution >= 4 is 47.8 Å². The normalized spacial score (nSPS) is 8.11. The van der Waals surface area contributed by atoms with Gasteiger partial charge in [0.25, 0.3) is 35.8 Å². The first-order valence-electron chi connectivity index (χ1n) is 9.92. The molecule has 0 unspecified atom stereocenters. The Hall–Kier alpha value is -4.24. The molecular weight excluding hydrogens is 520 g/mol. The van der Waals surface area contributed by atoms with Gasteiger partial charge in [0.05, 0.1) is 10.8 Å². The van der Waals surface area contributed by atoms with Crippen molar-refractivity contribution in [2.24, 2.45) is 10.8 Å². The van der Waals surface area contributed by atoms with Crippen LogP contribution in [-0.4, -0.2) is 88.6 Å². The summed E-state index contributed by atoms with van der Waals surface area (Å²) in [6, 6.07) is 0. The van der Waals surface area contributed by atoms with Crippen LogP contribution < -0.4 is 0 Å². The highest BCUT2D eigenvalue weighted by Gasteiger charge is 2.19. The first kappa shape index (κ1) is 54.6. The summed E-state index contributed by atoms with van der Waals surface area (Å²) in [7, 11) is 0. The van der Waals surface area contributed by atoms with Gasteiger partial charge in [0.1, 0.15) is 0 Å². The maximum Gasteiger partial charge on any atom is 0.308 e. The Kier molecular flexibility index (Phi) is 47.1. The minimum Gasteiger partial charge on any atom is -0.481 e. The summed E-state index contributed by atoms with van der Waals surface area (Å²) < 4.78 is 0. The maximum atomic E-state index is 10.0. The van der Waals surface area contributed by atoms with E-state index in [1.807, 2.05) is 0 Å². The van der Waals surface area contributed by atoms with Gasteiger partial charge in [-0.05, 0) is 41.5 Å². The van der Waals surface area contributed by atoms with Gasteiger partial charge < -0.3 is 40.9 Å². The molecule has 16 nitrogen and oxygen atoms in total. The third kappa shape index (κ3) is 499. The molecule has 0 spiro atoms. The van der Waals surface area contributed by atoms with Crippen molar-refractivity contribution in [3.8, 4) is 0 Å². The van der Waals surface area contributed by atoms with Crippen LogP contribution in [0.25, 0.3) is 0 Å². The lowest BCUT2D eigenvalue weighted by Gasteiger charge is -2.08. The van der Waals surface area contributed by atoms with E-state index in [-0.39, 0.29) is 0 Å². The highest BCUT2D eigenvalue weighted by Crippen LogP contribution is 2.11. The standard InChI is InChI=1S/2C5H10O2.6C2H4O2/c2*1-5(2,3)4(6)7;6*1-2(3)4/h2*1-3H3,(H,6,7);6*1H3,(H,3,4). The molecule has 8 N–H and O–H groups in total. The summed E-state index contributed by atoms with van der Waals surface area (Å²) in [5.41, 5.74) is -1.17. The summed E-state index contributed by atoms with van der Waals surface area (Å²) in [5, 5.41) is 61.0. The molecule has 16 heteroatoms. The quantitative estimate of drug-likeness (QED) is 0.209. The van der Waals surface area contributed by atoms with Crippen molar-refractivity contribution in [3.63, 3.8) is 0 Å². The molecule has 0 aromatic carbocycles. The lowest BCUT2D eigenvalue weighted by molar-refractivity contribution is -0.146. The largest absolute Gasteiger partial charge is 0.481 e. The number of carboxylic acid groups (broad SMARTS) is 8. The molecule has 0 radical (unpaired) electrons. The van der Waals surface area contributed by atoms with E-state index < -0.39 is 58.6 Å². The van der Waals surface area contributed by atoms with Crippen molar-refractivity contribution in [2.75, 3.05) is 0 Å². The van der Waals surface area contributed by atoms with Gasteiger partial charge in [0.15, 0.2) is 0 Å². The molecule has 228 valence electrons. The first-order chi connectivity index (χ1) is 16.3. The maximum absolute atomic E-state index is 10.0. The number of carboxylic acids is 8. The van der Waals surface area contributed by atoms with Crippen LogP contribution in [0.5, 0.6) is 0 Å². The summed E-state index contributed by atoms with van der Waals surface area (Å²) in [6.45, 7) is 16.5. The van der Waals surface area contributed by atoms with E-state index in [0.29, 0.717) is 0 Å². The van der Waals surface area contributed by atoms with Crippen LogP contribution in [0.2, 0.25) is 0 Å². The summed E-state index contributed by atoms with van der Waals surface area (Å²) in [6.07, 6.45) is 0. The molecule has 0 heterocycles. The van der Waals surface area contributed by atoms with Crippen LogP contribution in [0.3, 0.4) is 0 Å². The van der Waals surface area contributed by atoms with E-state index in [1.54, 1.807) is 41.5 Å². The Morgan fingerprint density at radius 3 is 0.342 bits per heavy atom. The first-order valence-corrected chi connectivity index (χ1v) is 9.92. The number of aliphatic carboxylic acids is 8. The molecule has 0 aromatic heterocycles. The lowest BCUT2D eigenvalue weighted by Crippen LogP contribution is -2.18. The smallest absolute Gasteiger partial charge is 0.308 e. The van der Waals surface area contributed by atoms with Gasteiger partial charge in [0, 0.05) is 41.5 Å². The van der Waals surface area contributed by atoms with Gasteiger partial charge >= 0.3 is 11.9 Å². The van der Waals surface area contributed by atoms with Crippen LogP contribution in [0, 0.1) is 10.8 Å². The summed E-state index contributed by atoms with van der Waals surface area (Å²) in [5.74, 6) is -6.51. The molecule has 0 saturated carbocycles. The zero-order chi connectivity index (χ0) is 33.6. The average Bonchev–Trinajstić information content (AvgIpc) is 2.49. The predicted octanol–water partition coefficient (Wildman–Crippen LogP) is 2.78. The van der Waals surface area contributed by atoms with E-state index >= 15 is 0 Å². The molecule has 38 heavy (non-hydrogen) atoms. The third-order valence-electron chi connectivity index (χ3n) is 1.28. The van der Waals surface area contributed by atoms with Gasteiger partial charge in [0.2, 0.25) is 0 Å². The van der Waals surface area contributed by atoms with E-state index in [0.717, 1.165) is 41.5 Å². The Bertz CT molecular complexity index is 554. The highest BCUT2D eigenvalue weighted by atomic mass is 16.4. The van der Waals surface area contributed by atoms with Gasteiger partial charge in [-0.15, -0.1) is 0 Å². The van der Waals surface area contributed by atoms with Crippen LogP contribution >= 0.6 is 0 Å². The topological polar surface area (TPSA) is 298 Å². The summed E-state index contributed by atoms with van der Waals surface area (Å²) in [4.78, 5) is 74.0. The molecule has 0 amide bonds. The predicted molar refractivity (Wildman–Crippen MR) is 134 cm³/mol. The highest BCUT2D eigenvalue weighted by molar-refractivity contribution is 5.73. The fourth-order valence-electron chi connectivity index (χ4n) is 0. The minimum atomic E-state index is -0.833. The van der Waals surface area contributed by atoms with Gasteiger partial charge in [-0.25, -0.2) is 0 Å². The Morgan fingerprint density at radius 1 is 0.316 bits per heavy atom. The monoisotopic (exact) mass is 564 g/mol. The molecule has 0 bridgehead atoms. The molecule has 0 rings (SSSR count). The molecule has 0 aliphatic heterocycles. The second-order valence-electron chi connectivity index (χ2n) is 8.22. The Morgan fingerprint density at radius 2 is 0.342 bits per heavy atom. The molecule has 0 fully saturated rings. The van der Waals surface area contributed by atoms with Crippen LogP contribution in [0.15, 0.2) is 0 Å². The van der Waals surface area contributed by atoms with Crippen LogP contribution in [0.4, 0.5) is 0 Å². The zero-order valence-corrected chi connectivity index (χ0v) is 23.8. The van der Waals surface area contributed by atoms with E-state index in [4.69, 9.17) is 69.6 Å². The van der Waals surface area contributed by atoms with Crippen molar-refractivity contribution in [2.45, 2.75) is 83.1 Å². The van der Waals surface area contributed by atoms with Crippen molar-refractivity contribution < 1.29 is 79.2 Å².